The lowest BCUT2D eigenvalue weighted by Gasteiger charge is -2.23. The van der Waals surface area contributed by atoms with Gasteiger partial charge >= 0.3 is 12.1 Å². The Kier molecular flexibility index (Phi) is 8.35. The molecular weight excluding hydrogens is 482 g/mol. The summed E-state index contributed by atoms with van der Waals surface area (Å²) < 4.78 is 48.5. The lowest BCUT2D eigenvalue weighted by molar-refractivity contribution is -0.139. The fraction of sp³-hybridized carbons (Fsp3) is 0.409. The smallest absolute Gasteiger partial charge is 0.408 e. The monoisotopic (exact) mass is 509 g/mol. The highest BCUT2D eigenvalue weighted by Gasteiger charge is 2.38. The molecule has 2 unspecified atom stereocenters. The van der Waals surface area contributed by atoms with Crippen molar-refractivity contribution >= 4 is 22.1 Å². The van der Waals surface area contributed by atoms with Gasteiger partial charge < -0.3 is 29.2 Å². The van der Waals surface area contributed by atoms with Gasteiger partial charge in [-0.3, -0.25) is 0 Å². The number of alkyl carbamates (subject to hydrolysis) is 1. The molecule has 0 saturated carbocycles. The summed E-state index contributed by atoms with van der Waals surface area (Å²) >= 11 is 0. The summed E-state index contributed by atoms with van der Waals surface area (Å²) in [4.78, 5) is 23.3. The van der Waals surface area contributed by atoms with Crippen LogP contribution in [0.5, 0.6) is 11.5 Å². The molecule has 1 saturated heterocycles. The van der Waals surface area contributed by atoms with Crippen molar-refractivity contribution in [1.29, 1.82) is 0 Å². The summed E-state index contributed by atoms with van der Waals surface area (Å²) in [5, 5.41) is 15.6. The number of aliphatic carboxylic acids is 1. The number of ether oxygens (including phenoxy) is 3. The maximum Gasteiger partial charge on any atom is 0.408 e. The van der Waals surface area contributed by atoms with Crippen molar-refractivity contribution in [3.63, 3.8) is 0 Å². The van der Waals surface area contributed by atoms with E-state index in [1.165, 1.54) is 48.9 Å². The van der Waals surface area contributed by atoms with E-state index in [0.717, 1.165) is 0 Å². The molecule has 1 aromatic carbocycles. The zero-order valence-electron chi connectivity index (χ0n) is 19.3. The molecule has 1 aliphatic heterocycles. The predicted molar refractivity (Wildman–Crippen MR) is 122 cm³/mol. The number of hydrogen-bond donors (Lipinski definition) is 2. The molecule has 1 aromatic heterocycles. The maximum atomic E-state index is 13.4. The number of carboxylic acids is 1. The van der Waals surface area contributed by atoms with Crippen LogP contribution in [0, 0.1) is 0 Å². The first-order chi connectivity index (χ1) is 16.7. The number of carboxylic acid groups (broad SMARTS) is 1. The van der Waals surface area contributed by atoms with Crippen molar-refractivity contribution in [1.82, 2.24) is 14.8 Å². The van der Waals surface area contributed by atoms with E-state index in [9.17, 15) is 23.1 Å². The van der Waals surface area contributed by atoms with Gasteiger partial charge in [0.2, 0.25) is 10.0 Å². The molecule has 2 aromatic rings. The highest BCUT2D eigenvalue weighted by molar-refractivity contribution is 7.89. The molecule has 1 aliphatic rings. The van der Waals surface area contributed by atoms with Gasteiger partial charge in [-0.25, -0.2) is 18.0 Å². The molecule has 2 atom stereocenters. The predicted octanol–water partition coefficient (Wildman–Crippen LogP) is 2.13. The van der Waals surface area contributed by atoms with Gasteiger partial charge in [-0.2, -0.15) is 4.31 Å². The maximum absolute atomic E-state index is 13.4. The molecule has 35 heavy (non-hydrogen) atoms. The third kappa shape index (κ3) is 5.92. The number of aromatic nitrogens is 1. The average Bonchev–Trinajstić information content (AvgIpc) is 3.51. The normalized spacial score (nSPS) is 16.9. The fourth-order valence-electron chi connectivity index (χ4n) is 3.74. The van der Waals surface area contributed by atoms with E-state index in [2.05, 4.69) is 17.1 Å². The molecule has 2 heterocycles. The molecule has 13 heteroatoms. The fourth-order valence-corrected chi connectivity index (χ4v) is 5.42. The Labute approximate surface area is 202 Å². The van der Waals surface area contributed by atoms with Crippen molar-refractivity contribution in [3.05, 3.63) is 48.4 Å². The van der Waals surface area contributed by atoms with E-state index in [1.54, 1.807) is 0 Å². The minimum atomic E-state index is -3.91. The third-order valence-corrected chi connectivity index (χ3v) is 7.32. The van der Waals surface area contributed by atoms with E-state index in [-0.39, 0.29) is 36.0 Å². The van der Waals surface area contributed by atoms with Gasteiger partial charge in [0.1, 0.15) is 24.1 Å². The second-order valence-electron chi connectivity index (χ2n) is 7.64. The lowest BCUT2D eigenvalue weighted by Crippen LogP contribution is -2.42. The van der Waals surface area contributed by atoms with Crippen molar-refractivity contribution in [3.8, 4) is 11.5 Å². The summed E-state index contributed by atoms with van der Waals surface area (Å²) in [5.41, 5.74) is 0.347. The van der Waals surface area contributed by atoms with E-state index >= 15 is 0 Å². The highest BCUT2D eigenvalue weighted by atomic mass is 32.2. The van der Waals surface area contributed by atoms with Crippen molar-refractivity contribution < 1.29 is 41.8 Å². The number of nitrogens with one attached hydrogen (secondary N) is 1. The first-order valence-electron chi connectivity index (χ1n) is 10.7. The van der Waals surface area contributed by atoms with Crippen LogP contribution < -0.4 is 14.8 Å². The van der Waals surface area contributed by atoms with Crippen LogP contribution in [0.4, 0.5) is 4.79 Å². The van der Waals surface area contributed by atoms with Crippen molar-refractivity contribution in [2.75, 3.05) is 27.4 Å². The van der Waals surface area contributed by atoms with E-state index in [1.807, 2.05) is 0 Å². The average molecular weight is 510 g/mol. The Morgan fingerprint density at radius 2 is 2.06 bits per heavy atom. The molecule has 0 radical (unpaired) electrons. The van der Waals surface area contributed by atoms with Gasteiger partial charge in [-0.15, -0.1) is 0 Å². The number of amides is 1. The molecule has 1 fully saturated rings. The molecule has 3 rings (SSSR count). The summed E-state index contributed by atoms with van der Waals surface area (Å²) in [6, 6.07) is 3.92. The second kappa shape index (κ2) is 11.2. The van der Waals surface area contributed by atoms with Crippen LogP contribution in [-0.2, 0) is 26.0 Å². The largest absolute Gasteiger partial charge is 0.493 e. The molecular formula is C22H27N3O9S. The summed E-state index contributed by atoms with van der Waals surface area (Å²) in [7, 11) is -1.03. The first kappa shape index (κ1) is 26.0. The zero-order valence-corrected chi connectivity index (χ0v) is 20.1. The van der Waals surface area contributed by atoms with Crippen molar-refractivity contribution in [2.24, 2.45) is 0 Å². The van der Waals surface area contributed by atoms with Crippen molar-refractivity contribution in [2.45, 2.75) is 36.2 Å². The molecule has 2 N–H and O–H groups in total. The zero-order chi connectivity index (χ0) is 25.6. The number of nitrogens with zero attached hydrogens (tertiary/aromatic N) is 2. The standard InChI is InChI=1S/C22H27N3O9S/c1-4-10-33-22(28)23-17(21(26)27)12-14-11-16(24-34-14)18-6-5-9-25(18)35(29,30)15-7-8-19(31-2)20(13-15)32-3/h4,7-8,11,13,17-18H,1,5-6,9-10,12H2,2-3H3,(H,23,28)(H,26,27). The number of benzene rings is 1. The highest BCUT2D eigenvalue weighted by Crippen LogP contribution is 2.38. The van der Waals surface area contributed by atoms with E-state index in [4.69, 9.17) is 18.7 Å². The SMILES string of the molecule is C=CCOC(=O)NC(Cc1cc(C2CCCN2S(=O)(=O)c2ccc(OC)c(OC)c2)no1)C(=O)O. The van der Waals surface area contributed by atoms with Crippen LogP contribution in [-0.4, -0.2) is 68.5 Å². The van der Waals surface area contributed by atoms with Gasteiger partial charge in [0, 0.05) is 25.1 Å². The number of methoxy groups -OCH3 is 2. The van der Waals surface area contributed by atoms with Crippen LogP contribution in [0.25, 0.3) is 0 Å². The Morgan fingerprint density at radius 3 is 2.71 bits per heavy atom. The Morgan fingerprint density at radius 1 is 1.31 bits per heavy atom. The van der Waals surface area contributed by atoms with E-state index < -0.39 is 34.2 Å². The molecule has 12 nitrogen and oxygen atoms in total. The number of carbonyl (C=O) groups excluding carboxylic acids is 1. The van der Waals surface area contributed by atoms with Crippen LogP contribution >= 0.6 is 0 Å². The summed E-state index contributed by atoms with van der Waals surface area (Å²) in [6.07, 6.45) is 1.34. The molecule has 0 aliphatic carbocycles. The Balaban J connectivity index is 1.78. The number of rotatable bonds is 11. The van der Waals surface area contributed by atoms with Gasteiger partial charge in [0.05, 0.1) is 25.2 Å². The van der Waals surface area contributed by atoms with Crippen LogP contribution in [0.2, 0.25) is 0 Å². The number of carbonyl (C=O) groups is 2. The summed E-state index contributed by atoms with van der Waals surface area (Å²) in [5.74, 6) is -0.434. The van der Waals surface area contributed by atoms with Crippen LogP contribution in [0.1, 0.15) is 30.3 Å². The second-order valence-corrected chi connectivity index (χ2v) is 9.53. The topological polar surface area (TPSA) is 158 Å². The third-order valence-electron chi connectivity index (χ3n) is 5.41. The van der Waals surface area contributed by atoms with Gasteiger partial charge in [-0.05, 0) is 25.0 Å². The number of hydrogen-bond acceptors (Lipinski definition) is 9. The quantitative estimate of drug-likeness (QED) is 0.430. The minimum Gasteiger partial charge on any atom is -0.493 e. The van der Waals surface area contributed by atoms with Gasteiger partial charge in [0.15, 0.2) is 11.5 Å². The molecule has 0 bridgehead atoms. The van der Waals surface area contributed by atoms with Crippen LogP contribution in [0.15, 0.2) is 46.3 Å². The molecule has 190 valence electrons. The van der Waals surface area contributed by atoms with E-state index in [0.29, 0.717) is 24.3 Å². The van der Waals surface area contributed by atoms with Gasteiger partial charge in [0.25, 0.3) is 0 Å². The minimum absolute atomic E-state index is 0.0407. The number of sulfonamides is 1. The Hall–Kier alpha value is -3.58. The van der Waals surface area contributed by atoms with Crippen LogP contribution in [0.3, 0.4) is 0 Å². The molecule has 1 amide bonds. The Bertz CT molecular complexity index is 1180. The van der Waals surface area contributed by atoms with Gasteiger partial charge in [-0.1, -0.05) is 17.8 Å². The lowest BCUT2D eigenvalue weighted by atomic mass is 10.1. The molecule has 0 spiro atoms. The first-order valence-corrected chi connectivity index (χ1v) is 12.1. The summed E-state index contributed by atoms with van der Waals surface area (Å²) in [6.45, 7) is 3.61.